The number of anilines is 3. The smallest absolute Gasteiger partial charge is 0.134 e. The molecule has 0 amide bonds. The molecule has 0 radical (unpaired) electrons. The number of nitrogens with zero attached hydrogens (tertiary/aromatic N) is 1. The molecule has 366 valence electrons. The summed E-state index contributed by atoms with van der Waals surface area (Å²) in [6, 6.07) is 112. The largest absolute Gasteiger partial charge is 0.464 e. The Labute approximate surface area is 455 Å². The first-order chi connectivity index (χ1) is 38.7. The molecule has 13 aromatic rings. The first-order valence-corrected chi connectivity index (χ1v) is 27.0. The Morgan fingerprint density at radius 2 is 0.628 bits per heavy atom. The molecule has 0 atom stereocenters. The van der Waals surface area contributed by atoms with Gasteiger partial charge in [0.2, 0.25) is 0 Å². The lowest BCUT2D eigenvalue weighted by Gasteiger charge is -2.33. The lowest BCUT2D eigenvalue weighted by Crippen LogP contribution is -2.28. The molecule has 2 aliphatic carbocycles. The highest BCUT2D eigenvalue weighted by atomic mass is 16.3. The van der Waals surface area contributed by atoms with Crippen molar-refractivity contribution >= 4 is 28.0 Å². The highest BCUT2D eigenvalue weighted by molar-refractivity contribution is 5.92. The van der Waals surface area contributed by atoms with Gasteiger partial charge in [-0.1, -0.05) is 243 Å². The average Bonchev–Trinajstić information content (AvgIpc) is 4.41. The molecule has 0 unspecified atom stereocenters. The van der Waals surface area contributed by atoms with Crippen LogP contribution in [0.1, 0.15) is 44.5 Å². The van der Waals surface area contributed by atoms with E-state index in [1.165, 1.54) is 77.9 Å². The summed E-state index contributed by atoms with van der Waals surface area (Å²) < 4.78 is 5.81. The van der Waals surface area contributed by atoms with Gasteiger partial charge in [-0.15, -0.1) is 0 Å². The summed E-state index contributed by atoms with van der Waals surface area (Å²) in [4.78, 5) is 2.39. The van der Waals surface area contributed by atoms with Gasteiger partial charge in [-0.05, 0) is 161 Å². The molecule has 0 saturated heterocycles. The molecule has 0 fully saturated rings. The summed E-state index contributed by atoms with van der Waals surface area (Å²) in [5, 5.41) is 1.10. The van der Waals surface area contributed by atoms with Crippen LogP contribution in [0.3, 0.4) is 0 Å². The Bertz CT molecular complexity index is 4270. The zero-order valence-electron chi connectivity index (χ0n) is 42.8. The van der Waals surface area contributed by atoms with E-state index in [1.54, 1.807) is 6.26 Å². The van der Waals surface area contributed by atoms with E-state index in [-0.39, 0.29) is 0 Å². The summed E-state index contributed by atoms with van der Waals surface area (Å²) in [7, 11) is 0. The predicted octanol–water partition coefficient (Wildman–Crippen LogP) is 19.6. The van der Waals surface area contributed by atoms with Crippen molar-refractivity contribution in [2.75, 3.05) is 4.90 Å². The Balaban J connectivity index is 0.837. The maximum absolute atomic E-state index is 5.81. The molecule has 1 aromatic heterocycles. The quantitative estimate of drug-likeness (QED) is 0.136. The van der Waals surface area contributed by atoms with Crippen molar-refractivity contribution in [2.45, 2.75) is 10.8 Å². The van der Waals surface area contributed by atoms with Crippen LogP contribution in [0.4, 0.5) is 17.1 Å². The fourth-order valence-corrected chi connectivity index (χ4v) is 13.3. The van der Waals surface area contributed by atoms with Crippen molar-refractivity contribution < 1.29 is 4.42 Å². The van der Waals surface area contributed by atoms with Crippen molar-refractivity contribution in [1.29, 1.82) is 0 Å². The molecule has 78 heavy (non-hydrogen) atoms. The first kappa shape index (κ1) is 45.4. The molecule has 2 aliphatic rings. The van der Waals surface area contributed by atoms with Gasteiger partial charge < -0.3 is 9.32 Å². The van der Waals surface area contributed by atoms with Gasteiger partial charge in [0.25, 0.3) is 0 Å². The zero-order chi connectivity index (χ0) is 51.6. The van der Waals surface area contributed by atoms with Gasteiger partial charge in [-0.25, -0.2) is 0 Å². The number of benzene rings is 12. The monoisotopic (exact) mass is 993 g/mol. The first-order valence-electron chi connectivity index (χ1n) is 27.0. The molecule has 15 rings (SSSR count). The van der Waals surface area contributed by atoms with E-state index in [9.17, 15) is 0 Å². The average molecular weight is 994 g/mol. The molecular weight excluding hydrogens is 943 g/mol. The number of fused-ring (bicyclic) bond motifs is 7. The number of rotatable bonds is 10. The molecule has 2 heteroatoms. The Morgan fingerprint density at radius 1 is 0.244 bits per heavy atom. The normalized spacial score (nSPS) is 13.3. The second-order valence-corrected chi connectivity index (χ2v) is 20.7. The standard InChI is InChI=1S/C76H51NO/c1-5-19-59(20-6-1)75(60-21-7-2-8-22-60)70-30-15-13-28-66(70)68-49-56(38-44-72(68)75)52-34-40-63(41-35-52)77(64-42-36-53(37-43-64)58-33-32-54-46-47-78-74(54)51-58)65-27-17-18-55(48-65)57-39-45-73-69(50-57)67-29-14-16-31-71(67)76(73,61-23-9-3-10-24-61)62-25-11-4-12-26-62/h1-51H. The molecule has 0 bridgehead atoms. The number of furan rings is 1. The van der Waals surface area contributed by atoms with Gasteiger partial charge in [-0.2, -0.15) is 0 Å². The van der Waals surface area contributed by atoms with E-state index in [1.807, 2.05) is 6.07 Å². The summed E-state index contributed by atoms with van der Waals surface area (Å²) >= 11 is 0. The van der Waals surface area contributed by atoms with Gasteiger partial charge in [0, 0.05) is 22.4 Å². The summed E-state index contributed by atoms with van der Waals surface area (Å²) in [6.07, 6.45) is 1.75. The maximum atomic E-state index is 5.81. The lowest BCUT2D eigenvalue weighted by molar-refractivity contribution is 0.616. The van der Waals surface area contributed by atoms with Crippen molar-refractivity contribution in [3.8, 4) is 55.6 Å². The van der Waals surface area contributed by atoms with Gasteiger partial charge >= 0.3 is 0 Å². The van der Waals surface area contributed by atoms with Gasteiger partial charge in [0.15, 0.2) is 0 Å². The van der Waals surface area contributed by atoms with Crippen LogP contribution in [0.15, 0.2) is 314 Å². The molecule has 1 heterocycles. The van der Waals surface area contributed by atoms with Gasteiger partial charge in [-0.3, -0.25) is 0 Å². The minimum Gasteiger partial charge on any atom is -0.464 e. The third kappa shape index (κ3) is 7.04. The minimum absolute atomic E-state index is 0.438. The van der Waals surface area contributed by atoms with E-state index in [4.69, 9.17) is 4.42 Å². The van der Waals surface area contributed by atoms with Crippen molar-refractivity contribution in [2.24, 2.45) is 0 Å². The molecule has 0 spiro atoms. The Hall–Kier alpha value is -10.0. The van der Waals surface area contributed by atoms with Gasteiger partial charge in [0.1, 0.15) is 5.58 Å². The van der Waals surface area contributed by atoms with E-state index in [0.717, 1.165) is 50.3 Å². The van der Waals surface area contributed by atoms with Crippen LogP contribution in [0.2, 0.25) is 0 Å². The van der Waals surface area contributed by atoms with Crippen LogP contribution in [0.25, 0.3) is 66.6 Å². The number of hydrogen-bond donors (Lipinski definition) is 0. The molecule has 12 aromatic carbocycles. The van der Waals surface area contributed by atoms with Crippen LogP contribution >= 0.6 is 0 Å². The topological polar surface area (TPSA) is 16.4 Å². The fraction of sp³-hybridized carbons (Fsp3) is 0.0263. The van der Waals surface area contributed by atoms with E-state index >= 15 is 0 Å². The number of hydrogen-bond acceptors (Lipinski definition) is 2. The van der Waals surface area contributed by atoms with Gasteiger partial charge in [0.05, 0.1) is 17.1 Å². The molecule has 2 nitrogen and oxygen atoms in total. The van der Waals surface area contributed by atoms with Crippen LogP contribution in [0.5, 0.6) is 0 Å². The Morgan fingerprint density at radius 3 is 1.12 bits per heavy atom. The fourth-order valence-electron chi connectivity index (χ4n) is 13.3. The van der Waals surface area contributed by atoms with Crippen molar-refractivity contribution in [3.05, 3.63) is 354 Å². The van der Waals surface area contributed by atoms with E-state index < -0.39 is 10.8 Å². The molecule has 0 saturated carbocycles. The highest BCUT2D eigenvalue weighted by Gasteiger charge is 2.47. The summed E-state index contributed by atoms with van der Waals surface area (Å²) in [5.41, 5.74) is 25.5. The predicted molar refractivity (Wildman–Crippen MR) is 322 cm³/mol. The van der Waals surface area contributed by atoms with Crippen LogP contribution < -0.4 is 4.90 Å². The third-order valence-corrected chi connectivity index (χ3v) is 16.7. The zero-order valence-corrected chi connectivity index (χ0v) is 42.8. The lowest BCUT2D eigenvalue weighted by atomic mass is 9.67. The third-order valence-electron chi connectivity index (χ3n) is 16.7. The maximum Gasteiger partial charge on any atom is 0.134 e. The minimum atomic E-state index is -0.452. The van der Waals surface area contributed by atoms with Crippen molar-refractivity contribution in [1.82, 2.24) is 0 Å². The SMILES string of the molecule is c1ccc(C2(c3ccccc3)c3ccccc3-c3cc(-c4ccc(N(c5ccc(-c6ccc7ccoc7c6)cc5)c5cccc(-c6ccc7c(c6)-c6ccccc6C7(c6ccccc6)c6ccccc6)c5)cc4)ccc32)cc1. The second-order valence-electron chi connectivity index (χ2n) is 20.7. The summed E-state index contributed by atoms with van der Waals surface area (Å²) in [5.74, 6) is 0. The van der Waals surface area contributed by atoms with E-state index in [0.29, 0.717) is 0 Å². The van der Waals surface area contributed by atoms with Crippen LogP contribution in [-0.2, 0) is 10.8 Å². The highest BCUT2D eigenvalue weighted by Crippen LogP contribution is 2.58. The van der Waals surface area contributed by atoms with Crippen molar-refractivity contribution in [3.63, 3.8) is 0 Å². The summed E-state index contributed by atoms with van der Waals surface area (Å²) in [6.45, 7) is 0. The molecule has 0 aliphatic heterocycles. The molecule has 0 N–H and O–H groups in total. The molecular formula is C76H51NO. The van der Waals surface area contributed by atoms with Crippen LogP contribution in [0, 0.1) is 0 Å². The second kappa shape index (κ2) is 18.4. The van der Waals surface area contributed by atoms with Crippen LogP contribution in [-0.4, -0.2) is 0 Å². The van der Waals surface area contributed by atoms with E-state index in [2.05, 4.69) is 302 Å². The Kier molecular flexibility index (Phi) is 10.7.